The molecular weight excluding hydrogens is 257 g/mol. The third-order valence-corrected chi connectivity index (χ3v) is 2.80. The van der Waals surface area contributed by atoms with E-state index >= 15 is 0 Å². The first-order chi connectivity index (χ1) is 9.54. The Bertz CT molecular complexity index is 598. The van der Waals surface area contributed by atoms with Gasteiger partial charge < -0.3 is 10.6 Å². The van der Waals surface area contributed by atoms with E-state index in [1.807, 2.05) is 31.2 Å². The van der Waals surface area contributed by atoms with Gasteiger partial charge in [-0.05, 0) is 36.8 Å². The number of aromatic nitrogens is 1. The average Bonchev–Trinajstić information content (AvgIpc) is 2.41. The van der Waals surface area contributed by atoms with Crippen molar-refractivity contribution in [2.24, 2.45) is 0 Å². The first kappa shape index (κ1) is 14.0. The van der Waals surface area contributed by atoms with Crippen molar-refractivity contribution in [3.05, 3.63) is 54.0 Å². The second-order valence-corrected chi connectivity index (χ2v) is 4.53. The maximum Gasteiger partial charge on any atom is 0.221 e. The van der Waals surface area contributed by atoms with Crippen molar-refractivity contribution in [1.82, 2.24) is 4.98 Å². The molecule has 104 valence electrons. The molecule has 1 atom stereocenters. The normalized spacial score (nSPS) is 11.8. The van der Waals surface area contributed by atoms with Gasteiger partial charge in [-0.15, -0.1) is 0 Å². The molecule has 2 rings (SSSR count). The lowest BCUT2D eigenvalue weighted by molar-refractivity contribution is -0.114. The van der Waals surface area contributed by atoms with E-state index in [4.69, 9.17) is 0 Å². The van der Waals surface area contributed by atoms with E-state index in [1.165, 1.54) is 19.2 Å². The Morgan fingerprint density at radius 2 is 2.10 bits per heavy atom. The van der Waals surface area contributed by atoms with Gasteiger partial charge in [-0.1, -0.05) is 12.1 Å². The molecule has 0 aliphatic rings. The smallest absolute Gasteiger partial charge is 0.221 e. The Hall–Kier alpha value is -2.43. The summed E-state index contributed by atoms with van der Waals surface area (Å²) in [5, 5.41) is 5.91. The Morgan fingerprint density at radius 1 is 1.30 bits per heavy atom. The number of anilines is 2. The van der Waals surface area contributed by atoms with E-state index in [0.29, 0.717) is 5.82 Å². The van der Waals surface area contributed by atoms with Crippen molar-refractivity contribution in [2.75, 3.05) is 10.6 Å². The molecule has 2 N–H and O–H groups in total. The predicted molar refractivity (Wildman–Crippen MR) is 77.0 cm³/mol. The van der Waals surface area contributed by atoms with Crippen LogP contribution < -0.4 is 10.6 Å². The molecule has 5 heteroatoms. The maximum absolute atomic E-state index is 12.8. The molecule has 2 aromatic rings. The Labute approximate surface area is 117 Å². The molecule has 0 bridgehead atoms. The van der Waals surface area contributed by atoms with Crippen LogP contribution in [0.2, 0.25) is 0 Å². The van der Waals surface area contributed by atoms with E-state index in [-0.39, 0.29) is 17.8 Å². The van der Waals surface area contributed by atoms with Crippen LogP contribution in [-0.4, -0.2) is 10.9 Å². The maximum atomic E-state index is 12.8. The summed E-state index contributed by atoms with van der Waals surface area (Å²) in [5.41, 5.74) is 1.75. The van der Waals surface area contributed by atoms with Crippen LogP contribution in [0.5, 0.6) is 0 Å². The molecule has 1 aromatic carbocycles. The Kier molecular flexibility index (Phi) is 4.30. The largest absolute Gasteiger partial charge is 0.364 e. The van der Waals surface area contributed by atoms with E-state index in [1.54, 1.807) is 6.07 Å². The number of benzene rings is 1. The third-order valence-electron chi connectivity index (χ3n) is 2.80. The number of nitrogens with one attached hydrogen (secondary N) is 2. The average molecular weight is 273 g/mol. The molecule has 0 saturated carbocycles. The van der Waals surface area contributed by atoms with Gasteiger partial charge in [0, 0.05) is 12.6 Å². The van der Waals surface area contributed by atoms with E-state index in [9.17, 15) is 9.18 Å². The molecule has 0 aliphatic carbocycles. The van der Waals surface area contributed by atoms with Gasteiger partial charge in [0.25, 0.3) is 0 Å². The molecule has 1 unspecified atom stereocenters. The minimum absolute atomic E-state index is 0.0123. The van der Waals surface area contributed by atoms with Gasteiger partial charge in [-0.2, -0.15) is 0 Å². The van der Waals surface area contributed by atoms with Gasteiger partial charge in [-0.3, -0.25) is 4.79 Å². The fraction of sp³-hybridized carbons (Fsp3) is 0.200. The van der Waals surface area contributed by atoms with Crippen LogP contribution in [0.4, 0.5) is 15.9 Å². The highest BCUT2D eigenvalue weighted by Gasteiger charge is 2.07. The lowest BCUT2D eigenvalue weighted by Gasteiger charge is -2.16. The minimum Gasteiger partial charge on any atom is -0.364 e. The summed E-state index contributed by atoms with van der Waals surface area (Å²) in [6, 6.07) is 10.5. The van der Waals surface area contributed by atoms with Crippen molar-refractivity contribution in [2.45, 2.75) is 19.9 Å². The highest BCUT2D eigenvalue weighted by atomic mass is 19.1. The van der Waals surface area contributed by atoms with Crippen molar-refractivity contribution in [3.63, 3.8) is 0 Å². The summed E-state index contributed by atoms with van der Waals surface area (Å²) in [6.45, 7) is 3.44. The number of hydrogen-bond donors (Lipinski definition) is 2. The molecule has 0 radical (unpaired) electrons. The monoisotopic (exact) mass is 273 g/mol. The molecule has 0 saturated heterocycles. The summed E-state index contributed by atoms with van der Waals surface area (Å²) in [7, 11) is 0. The molecule has 0 fully saturated rings. The molecule has 20 heavy (non-hydrogen) atoms. The predicted octanol–water partition coefficient (Wildman–Crippen LogP) is 3.35. The van der Waals surface area contributed by atoms with Gasteiger partial charge >= 0.3 is 0 Å². The molecule has 0 aliphatic heterocycles. The first-order valence-corrected chi connectivity index (χ1v) is 6.30. The van der Waals surface area contributed by atoms with E-state index < -0.39 is 0 Å². The van der Waals surface area contributed by atoms with Crippen LogP contribution in [0, 0.1) is 5.82 Å². The van der Waals surface area contributed by atoms with Gasteiger partial charge in [0.2, 0.25) is 5.91 Å². The molecule has 1 amide bonds. The van der Waals surface area contributed by atoms with E-state index in [0.717, 1.165) is 11.3 Å². The zero-order valence-electron chi connectivity index (χ0n) is 11.4. The molecule has 0 spiro atoms. The van der Waals surface area contributed by atoms with Crippen LogP contribution >= 0.6 is 0 Å². The topological polar surface area (TPSA) is 54.0 Å². The Morgan fingerprint density at radius 3 is 2.75 bits per heavy atom. The third kappa shape index (κ3) is 3.78. The number of carbonyl (C=O) groups excluding carboxylic acids is 1. The number of amides is 1. The second kappa shape index (κ2) is 6.14. The first-order valence-electron chi connectivity index (χ1n) is 6.30. The molecule has 4 nitrogen and oxygen atoms in total. The lowest BCUT2D eigenvalue weighted by Crippen LogP contribution is -2.10. The molecule has 1 heterocycles. The minimum atomic E-state index is -0.365. The van der Waals surface area contributed by atoms with Crippen LogP contribution in [-0.2, 0) is 4.79 Å². The summed E-state index contributed by atoms with van der Waals surface area (Å²) in [4.78, 5) is 15.0. The van der Waals surface area contributed by atoms with Crippen molar-refractivity contribution in [1.29, 1.82) is 0 Å². The van der Waals surface area contributed by atoms with Crippen LogP contribution in [0.1, 0.15) is 25.5 Å². The van der Waals surface area contributed by atoms with E-state index in [2.05, 4.69) is 15.6 Å². The molecule has 1 aromatic heterocycles. The van der Waals surface area contributed by atoms with Crippen molar-refractivity contribution < 1.29 is 9.18 Å². The van der Waals surface area contributed by atoms with Gasteiger partial charge in [0.15, 0.2) is 0 Å². The number of pyridine rings is 1. The lowest BCUT2D eigenvalue weighted by atomic mass is 10.1. The molecular formula is C15H16FN3O. The SMILES string of the molecule is CC(=O)Nc1cccc(C(C)Nc2ccc(F)cn2)c1. The summed E-state index contributed by atoms with van der Waals surface area (Å²) < 4.78 is 12.8. The zero-order chi connectivity index (χ0) is 14.5. The Balaban J connectivity index is 2.10. The quantitative estimate of drug-likeness (QED) is 0.898. The van der Waals surface area contributed by atoms with Crippen LogP contribution in [0.15, 0.2) is 42.6 Å². The van der Waals surface area contributed by atoms with Gasteiger partial charge in [-0.25, -0.2) is 9.37 Å². The number of carbonyl (C=O) groups is 1. The highest BCUT2D eigenvalue weighted by Crippen LogP contribution is 2.20. The second-order valence-electron chi connectivity index (χ2n) is 4.53. The number of nitrogens with zero attached hydrogens (tertiary/aromatic N) is 1. The summed E-state index contributed by atoms with van der Waals surface area (Å²) >= 11 is 0. The van der Waals surface area contributed by atoms with Gasteiger partial charge in [0.1, 0.15) is 11.6 Å². The van der Waals surface area contributed by atoms with Crippen LogP contribution in [0.25, 0.3) is 0 Å². The van der Waals surface area contributed by atoms with Crippen molar-refractivity contribution >= 4 is 17.4 Å². The van der Waals surface area contributed by atoms with Crippen LogP contribution in [0.3, 0.4) is 0 Å². The number of rotatable bonds is 4. The standard InChI is InChI=1S/C15H16FN3O/c1-10(18-15-7-6-13(16)9-17-15)12-4-3-5-14(8-12)19-11(2)20/h3-10H,1-2H3,(H,17,18)(H,19,20). The summed E-state index contributed by atoms with van der Waals surface area (Å²) in [6.07, 6.45) is 1.17. The number of hydrogen-bond acceptors (Lipinski definition) is 3. The summed E-state index contributed by atoms with van der Waals surface area (Å²) in [5.74, 6) is 0.127. The van der Waals surface area contributed by atoms with Crippen molar-refractivity contribution in [3.8, 4) is 0 Å². The fourth-order valence-electron chi connectivity index (χ4n) is 1.86. The van der Waals surface area contributed by atoms with Gasteiger partial charge in [0.05, 0.1) is 12.2 Å². The highest BCUT2D eigenvalue weighted by molar-refractivity contribution is 5.88. The fourth-order valence-corrected chi connectivity index (χ4v) is 1.86. The zero-order valence-corrected chi connectivity index (χ0v) is 11.4. The number of halogens is 1.